The number of amides is 1. The van der Waals surface area contributed by atoms with Gasteiger partial charge in [-0.25, -0.2) is 18.1 Å². The number of benzene rings is 2. The van der Waals surface area contributed by atoms with Gasteiger partial charge in [0.05, 0.1) is 11.2 Å². The van der Waals surface area contributed by atoms with Gasteiger partial charge in [0.1, 0.15) is 0 Å². The molecule has 2 aromatic carbocycles. The third kappa shape index (κ3) is 4.07. The van der Waals surface area contributed by atoms with Crippen molar-refractivity contribution in [3.8, 4) is 5.69 Å². The van der Waals surface area contributed by atoms with Gasteiger partial charge in [-0.3, -0.25) is 4.79 Å². The topological polar surface area (TPSA) is 93.1 Å². The highest BCUT2D eigenvalue weighted by molar-refractivity contribution is 7.89. The molecule has 0 atom stereocenters. The Labute approximate surface area is 157 Å². The molecule has 1 saturated carbocycles. The first-order valence-corrected chi connectivity index (χ1v) is 10.0. The molecule has 8 heteroatoms. The van der Waals surface area contributed by atoms with E-state index in [1.807, 2.05) is 22.9 Å². The number of hydrogen-bond acceptors (Lipinski definition) is 4. The largest absolute Gasteiger partial charge is 0.322 e. The Bertz CT molecular complexity index is 1040. The monoisotopic (exact) mass is 382 g/mol. The normalized spacial score (nSPS) is 14.1. The minimum atomic E-state index is -3.51. The lowest BCUT2D eigenvalue weighted by atomic mass is 10.2. The predicted octanol–water partition coefficient (Wildman–Crippen LogP) is 2.57. The fourth-order valence-corrected chi connectivity index (χ4v) is 3.91. The summed E-state index contributed by atoms with van der Waals surface area (Å²) in [5, 5.41) is 2.80. The summed E-state index contributed by atoms with van der Waals surface area (Å²) in [5.41, 5.74) is 1.97. The highest BCUT2D eigenvalue weighted by atomic mass is 32.2. The maximum absolute atomic E-state index is 12.4. The van der Waals surface area contributed by atoms with Gasteiger partial charge in [-0.1, -0.05) is 0 Å². The zero-order valence-electron chi connectivity index (χ0n) is 14.4. The number of carbonyl (C=O) groups excluding carboxylic acids is 1. The van der Waals surface area contributed by atoms with E-state index in [1.54, 1.807) is 24.7 Å². The van der Waals surface area contributed by atoms with Crippen LogP contribution >= 0.6 is 0 Å². The van der Waals surface area contributed by atoms with E-state index in [2.05, 4.69) is 15.0 Å². The van der Waals surface area contributed by atoms with Gasteiger partial charge in [-0.15, -0.1) is 0 Å². The van der Waals surface area contributed by atoms with Gasteiger partial charge in [-0.2, -0.15) is 0 Å². The van der Waals surface area contributed by atoms with Gasteiger partial charge < -0.3 is 9.88 Å². The van der Waals surface area contributed by atoms with E-state index in [1.165, 1.54) is 24.3 Å². The number of anilines is 1. The van der Waals surface area contributed by atoms with Crippen LogP contribution in [0.2, 0.25) is 0 Å². The Morgan fingerprint density at radius 1 is 1.04 bits per heavy atom. The quantitative estimate of drug-likeness (QED) is 0.685. The lowest BCUT2D eigenvalue weighted by Gasteiger charge is -2.09. The standard InChI is InChI=1S/C19H18N4O3S/c24-19(21-15-5-7-17(8-6-15)23-12-11-20-13-23)14-1-9-18(10-2-14)27(25,26)22-16-3-4-16/h1-2,5-13,16,22H,3-4H2,(H,21,24). The molecule has 1 aromatic heterocycles. The molecule has 7 nitrogen and oxygen atoms in total. The second-order valence-corrected chi connectivity index (χ2v) is 8.10. The third-order valence-electron chi connectivity index (χ3n) is 4.25. The molecule has 1 aliphatic rings. The van der Waals surface area contributed by atoms with E-state index in [0.29, 0.717) is 11.3 Å². The number of carbonyl (C=O) groups is 1. The second kappa shape index (κ2) is 6.98. The molecule has 1 aliphatic carbocycles. The van der Waals surface area contributed by atoms with Crippen LogP contribution in [0.3, 0.4) is 0 Å². The molecule has 138 valence electrons. The fraction of sp³-hybridized carbons (Fsp3) is 0.158. The van der Waals surface area contributed by atoms with Crippen molar-refractivity contribution < 1.29 is 13.2 Å². The van der Waals surface area contributed by atoms with Crippen molar-refractivity contribution in [3.05, 3.63) is 72.8 Å². The molecule has 0 unspecified atom stereocenters. The van der Waals surface area contributed by atoms with Crippen LogP contribution in [0.15, 0.2) is 72.1 Å². The molecule has 1 heterocycles. The van der Waals surface area contributed by atoms with Crippen LogP contribution in [-0.2, 0) is 10.0 Å². The number of nitrogens with one attached hydrogen (secondary N) is 2. The van der Waals surface area contributed by atoms with E-state index >= 15 is 0 Å². The second-order valence-electron chi connectivity index (χ2n) is 6.39. The van der Waals surface area contributed by atoms with Crippen LogP contribution in [-0.4, -0.2) is 29.9 Å². The summed E-state index contributed by atoms with van der Waals surface area (Å²) in [6.45, 7) is 0. The number of rotatable bonds is 6. The van der Waals surface area contributed by atoms with Crippen LogP contribution in [0, 0.1) is 0 Å². The average molecular weight is 382 g/mol. The molecule has 2 N–H and O–H groups in total. The summed E-state index contributed by atoms with van der Waals surface area (Å²) in [7, 11) is -3.51. The smallest absolute Gasteiger partial charge is 0.255 e. The number of aromatic nitrogens is 2. The maximum Gasteiger partial charge on any atom is 0.255 e. The molecule has 27 heavy (non-hydrogen) atoms. The molecule has 0 spiro atoms. The van der Waals surface area contributed by atoms with Crippen molar-refractivity contribution in [3.63, 3.8) is 0 Å². The highest BCUT2D eigenvalue weighted by Crippen LogP contribution is 2.22. The first-order chi connectivity index (χ1) is 13.0. The van der Waals surface area contributed by atoms with Gasteiger partial charge in [0.25, 0.3) is 5.91 Å². The molecule has 0 saturated heterocycles. The van der Waals surface area contributed by atoms with Crippen molar-refractivity contribution in [2.75, 3.05) is 5.32 Å². The Hall–Kier alpha value is -2.97. The predicted molar refractivity (Wildman–Crippen MR) is 101 cm³/mol. The van der Waals surface area contributed by atoms with Crippen LogP contribution in [0.5, 0.6) is 0 Å². The zero-order valence-corrected chi connectivity index (χ0v) is 15.2. The molecule has 1 fully saturated rings. The van der Waals surface area contributed by atoms with Crippen molar-refractivity contribution >= 4 is 21.6 Å². The van der Waals surface area contributed by atoms with Crippen molar-refractivity contribution in [2.45, 2.75) is 23.8 Å². The van der Waals surface area contributed by atoms with Crippen LogP contribution in [0.1, 0.15) is 23.2 Å². The summed E-state index contributed by atoms with van der Waals surface area (Å²) in [4.78, 5) is 16.5. The van der Waals surface area contributed by atoms with E-state index in [0.717, 1.165) is 18.5 Å². The molecule has 1 amide bonds. The first-order valence-electron chi connectivity index (χ1n) is 8.53. The number of nitrogens with zero attached hydrogens (tertiary/aromatic N) is 2. The minimum Gasteiger partial charge on any atom is -0.322 e. The Morgan fingerprint density at radius 2 is 1.74 bits per heavy atom. The van der Waals surface area contributed by atoms with E-state index < -0.39 is 10.0 Å². The summed E-state index contributed by atoms with van der Waals surface area (Å²) >= 11 is 0. The maximum atomic E-state index is 12.4. The molecule has 0 bridgehead atoms. The fourth-order valence-electron chi connectivity index (χ4n) is 2.61. The van der Waals surface area contributed by atoms with Crippen LogP contribution in [0.4, 0.5) is 5.69 Å². The summed E-state index contributed by atoms with van der Waals surface area (Å²) in [6, 6.07) is 13.3. The third-order valence-corrected chi connectivity index (χ3v) is 5.79. The minimum absolute atomic E-state index is 0.0447. The van der Waals surface area contributed by atoms with E-state index in [-0.39, 0.29) is 16.8 Å². The SMILES string of the molecule is O=C(Nc1ccc(-n2ccnc2)cc1)c1ccc(S(=O)(=O)NC2CC2)cc1. The number of imidazole rings is 1. The van der Waals surface area contributed by atoms with Crippen molar-refractivity contribution in [1.29, 1.82) is 0 Å². The number of sulfonamides is 1. The Balaban J connectivity index is 1.43. The van der Waals surface area contributed by atoms with E-state index in [4.69, 9.17) is 0 Å². The summed E-state index contributed by atoms with van der Waals surface area (Å²) < 4.78 is 28.8. The summed E-state index contributed by atoms with van der Waals surface area (Å²) in [5.74, 6) is -0.301. The van der Waals surface area contributed by atoms with Crippen LogP contribution in [0.25, 0.3) is 5.69 Å². The van der Waals surface area contributed by atoms with Gasteiger partial charge in [0.2, 0.25) is 10.0 Å². The molecular formula is C19H18N4O3S. The lowest BCUT2D eigenvalue weighted by molar-refractivity contribution is 0.102. The molecule has 0 radical (unpaired) electrons. The van der Waals surface area contributed by atoms with Gasteiger partial charge >= 0.3 is 0 Å². The molecule has 4 rings (SSSR count). The Morgan fingerprint density at radius 3 is 2.33 bits per heavy atom. The van der Waals surface area contributed by atoms with Crippen LogP contribution < -0.4 is 10.0 Å². The lowest BCUT2D eigenvalue weighted by Crippen LogP contribution is -2.25. The van der Waals surface area contributed by atoms with E-state index in [9.17, 15) is 13.2 Å². The molecular weight excluding hydrogens is 364 g/mol. The van der Waals surface area contributed by atoms with Crippen molar-refractivity contribution in [2.24, 2.45) is 0 Å². The Kier molecular flexibility index (Phi) is 4.51. The first kappa shape index (κ1) is 17.4. The molecule has 3 aromatic rings. The van der Waals surface area contributed by atoms with Gasteiger partial charge in [0.15, 0.2) is 0 Å². The molecule has 0 aliphatic heterocycles. The average Bonchev–Trinajstić information content (AvgIpc) is 3.30. The summed E-state index contributed by atoms with van der Waals surface area (Å²) in [6.07, 6.45) is 6.97. The van der Waals surface area contributed by atoms with Gasteiger partial charge in [0, 0.05) is 35.4 Å². The van der Waals surface area contributed by atoms with Crippen molar-refractivity contribution in [1.82, 2.24) is 14.3 Å². The van der Waals surface area contributed by atoms with Gasteiger partial charge in [-0.05, 0) is 61.4 Å². The zero-order chi connectivity index (χ0) is 18.9. The highest BCUT2D eigenvalue weighted by Gasteiger charge is 2.27. The number of hydrogen-bond donors (Lipinski definition) is 2.